The second-order valence-corrected chi connectivity index (χ2v) is 9.50. The fraction of sp³-hybridized carbons (Fsp3) is 0.464. The Kier molecular flexibility index (Phi) is 8.16. The molecular weight excluding hydrogens is 457 g/mol. The van der Waals surface area contributed by atoms with E-state index in [9.17, 15) is 23.1 Å². The van der Waals surface area contributed by atoms with Gasteiger partial charge in [0.05, 0.1) is 11.7 Å². The monoisotopic (exact) mass is 488 g/mol. The molecule has 0 saturated heterocycles. The highest BCUT2D eigenvalue weighted by Gasteiger charge is 2.31. The molecule has 0 bridgehead atoms. The van der Waals surface area contributed by atoms with Gasteiger partial charge in [-0.05, 0) is 86.5 Å². The number of ether oxygens (including phenoxy) is 2. The van der Waals surface area contributed by atoms with Crippen LogP contribution in [0.1, 0.15) is 84.7 Å². The minimum Gasteiger partial charge on any atom is -0.489 e. The lowest BCUT2D eigenvalue weighted by atomic mass is 9.79. The van der Waals surface area contributed by atoms with Gasteiger partial charge in [-0.25, -0.2) is 18.0 Å². The first-order valence-electron chi connectivity index (χ1n) is 12.3. The molecule has 188 valence electrons. The third-order valence-corrected chi connectivity index (χ3v) is 7.19. The Morgan fingerprint density at radius 1 is 0.914 bits per heavy atom. The Morgan fingerprint density at radius 2 is 1.49 bits per heavy atom. The molecular formula is C28H31F3O4. The average Bonchev–Trinajstić information content (AvgIpc) is 2.85. The number of aliphatic hydroxyl groups excluding tert-OH is 1. The van der Waals surface area contributed by atoms with Crippen molar-refractivity contribution in [2.24, 2.45) is 0 Å². The molecule has 1 N–H and O–H groups in total. The van der Waals surface area contributed by atoms with Gasteiger partial charge in [0.15, 0.2) is 11.6 Å². The van der Waals surface area contributed by atoms with E-state index in [0.29, 0.717) is 68.2 Å². The second-order valence-electron chi connectivity index (χ2n) is 9.50. The highest BCUT2D eigenvalue weighted by Crippen LogP contribution is 2.40. The van der Waals surface area contributed by atoms with Gasteiger partial charge >= 0.3 is 5.97 Å². The lowest BCUT2D eigenvalue weighted by Gasteiger charge is -2.30. The Morgan fingerprint density at radius 3 is 2.03 bits per heavy atom. The Balaban J connectivity index is 1.34. The van der Waals surface area contributed by atoms with Gasteiger partial charge in [0.25, 0.3) is 0 Å². The van der Waals surface area contributed by atoms with Crippen LogP contribution in [0.5, 0.6) is 5.75 Å². The fourth-order valence-corrected chi connectivity index (χ4v) is 5.21. The maximum atomic E-state index is 15.0. The normalized spacial score (nSPS) is 24.6. The summed E-state index contributed by atoms with van der Waals surface area (Å²) in [5.74, 6) is -3.00. The molecule has 0 radical (unpaired) electrons. The molecule has 0 aromatic heterocycles. The number of benzene rings is 2. The highest BCUT2D eigenvalue weighted by atomic mass is 19.2. The lowest BCUT2D eigenvalue weighted by Crippen LogP contribution is -2.25. The van der Waals surface area contributed by atoms with E-state index in [2.05, 4.69) is 6.58 Å². The predicted octanol–water partition coefficient (Wildman–Crippen LogP) is 6.57. The molecule has 35 heavy (non-hydrogen) atoms. The molecule has 0 unspecified atom stereocenters. The summed E-state index contributed by atoms with van der Waals surface area (Å²) in [4.78, 5) is 12.5. The number of carbonyl (C=O) groups is 1. The SMILES string of the molecule is C=CCOc1ccc(C(=O)OC2CCC(c3ccc(C4CCC(O)CC4)c(F)c3F)CC2)c(F)c1. The van der Waals surface area contributed by atoms with Gasteiger partial charge in [-0.15, -0.1) is 0 Å². The van der Waals surface area contributed by atoms with Gasteiger partial charge in [0, 0.05) is 6.07 Å². The van der Waals surface area contributed by atoms with Gasteiger partial charge in [-0.3, -0.25) is 0 Å². The molecule has 2 aromatic carbocycles. The van der Waals surface area contributed by atoms with E-state index in [-0.39, 0.29) is 30.1 Å². The van der Waals surface area contributed by atoms with Crippen LogP contribution in [0.15, 0.2) is 43.0 Å². The van der Waals surface area contributed by atoms with E-state index in [1.54, 1.807) is 12.1 Å². The van der Waals surface area contributed by atoms with Gasteiger partial charge in [-0.1, -0.05) is 24.8 Å². The van der Waals surface area contributed by atoms with Crippen LogP contribution in [0.3, 0.4) is 0 Å². The Bertz CT molecular complexity index is 1050. The summed E-state index contributed by atoms with van der Waals surface area (Å²) in [5, 5.41) is 9.68. The van der Waals surface area contributed by atoms with E-state index < -0.39 is 29.5 Å². The topological polar surface area (TPSA) is 55.8 Å². The minimum absolute atomic E-state index is 0.0693. The van der Waals surface area contributed by atoms with E-state index in [1.165, 1.54) is 18.2 Å². The van der Waals surface area contributed by atoms with Crippen LogP contribution >= 0.6 is 0 Å². The third-order valence-electron chi connectivity index (χ3n) is 7.19. The zero-order valence-electron chi connectivity index (χ0n) is 19.7. The summed E-state index contributed by atoms with van der Waals surface area (Å²) in [7, 11) is 0. The zero-order valence-corrected chi connectivity index (χ0v) is 19.7. The number of aliphatic hydroxyl groups is 1. The number of esters is 1. The fourth-order valence-electron chi connectivity index (χ4n) is 5.21. The lowest BCUT2D eigenvalue weighted by molar-refractivity contribution is 0.0189. The number of hydrogen-bond acceptors (Lipinski definition) is 4. The molecule has 4 nitrogen and oxygen atoms in total. The molecule has 0 aliphatic heterocycles. The molecule has 7 heteroatoms. The summed E-state index contributed by atoms with van der Waals surface area (Å²) < 4.78 is 55.0. The third kappa shape index (κ3) is 5.89. The highest BCUT2D eigenvalue weighted by molar-refractivity contribution is 5.90. The molecule has 2 fully saturated rings. The van der Waals surface area contributed by atoms with Crippen molar-refractivity contribution in [1.29, 1.82) is 0 Å². The molecule has 0 amide bonds. The van der Waals surface area contributed by atoms with Crippen molar-refractivity contribution in [2.45, 2.75) is 75.4 Å². The van der Waals surface area contributed by atoms with Crippen molar-refractivity contribution < 1.29 is 32.5 Å². The van der Waals surface area contributed by atoms with Crippen molar-refractivity contribution in [3.05, 3.63) is 77.1 Å². The Hall–Kier alpha value is -2.80. The first-order chi connectivity index (χ1) is 16.9. The standard InChI is InChI=1S/C28H31F3O4/c1-2-15-34-21-11-12-24(25(29)16-21)28(33)35-20-9-5-18(6-10-20)23-14-13-22(26(30)27(23)31)17-3-7-19(32)8-4-17/h2,11-14,16-20,32H,1,3-10,15H2. The maximum Gasteiger partial charge on any atom is 0.341 e. The van der Waals surface area contributed by atoms with Crippen LogP contribution in [0.4, 0.5) is 13.2 Å². The minimum atomic E-state index is -0.796. The molecule has 2 aliphatic carbocycles. The van der Waals surface area contributed by atoms with Crippen LogP contribution < -0.4 is 4.74 Å². The summed E-state index contributed by atoms with van der Waals surface area (Å²) in [6.07, 6.45) is 5.35. The van der Waals surface area contributed by atoms with E-state index >= 15 is 0 Å². The van der Waals surface area contributed by atoms with Crippen molar-refractivity contribution in [3.63, 3.8) is 0 Å². The van der Waals surface area contributed by atoms with Crippen LogP contribution in [-0.2, 0) is 4.74 Å². The summed E-state index contributed by atoms with van der Waals surface area (Å²) in [6.45, 7) is 3.75. The maximum absolute atomic E-state index is 15.0. The molecule has 4 rings (SSSR count). The molecule has 0 atom stereocenters. The van der Waals surface area contributed by atoms with Crippen LogP contribution in [-0.4, -0.2) is 29.9 Å². The molecule has 2 saturated carbocycles. The molecule has 2 aliphatic rings. The quantitative estimate of drug-likeness (QED) is 0.354. The van der Waals surface area contributed by atoms with E-state index in [4.69, 9.17) is 9.47 Å². The van der Waals surface area contributed by atoms with Gasteiger partial charge in [0.1, 0.15) is 24.3 Å². The average molecular weight is 489 g/mol. The first-order valence-corrected chi connectivity index (χ1v) is 12.3. The van der Waals surface area contributed by atoms with E-state index in [1.807, 2.05) is 0 Å². The van der Waals surface area contributed by atoms with Crippen molar-refractivity contribution in [3.8, 4) is 5.75 Å². The van der Waals surface area contributed by atoms with Crippen LogP contribution in [0.2, 0.25) is 0 Å². The zero-order chi connectivity index (χ0) is 24.9. The van der Waals surface area contributed by atoms with E-state index in [0.717, 1.165) is 6.07 Å². The van der Waals surface area contributed by atoms with Crippen molar-refractivity contribution in [2.75, 3.05) is 6.61 Å². The van der Waals surface area contributed by atoms with Gasteiger partial charge in [0.2, 0.25) is 0 Å². The van der Waals surface area contributed by atoms with Crippen LogP contribution in [0, 0.1) is 17.5 Å². The van der Waals surface area contributed by atoms with Gasteiger partial charge < -0.3 is 14.6 Å². The van der Waals surface area contributed by atoms with Crippen LogP contribution in [0.25, 0.3) is 0 Å². The van der Waals surface area contributed by atoms with Crippen molar-refractivity contribution >= 4 is 5.97 Å². The second kappa shape index (κ2) is 11.3. The number of hydrogen-bond donors (Lipinski definition) is 1. The summed E-state index contributed by atoms with van der Waals surface area (Å²) in [6, 6.07) is 7.33. The predicted molar refractivity (Wildman–Crippen MR) is 126 cm³/mol. The number of halogens is 3. The number of rotatable bonds is 7. The summed E-state index contributed by atoms with van der Waals surface area (Å²) in [5.41, 5.74) is 0.578. The van der Waals surface area contributed by atoms with Gasteiger partial charge in [-0.2, -0.15) is 0 Å². The number of carbonyl (C=O) groups excluding carboxylic acids is 1. The summed E-state index contributed by atoms with van der Waals surface area (Å²) >= 11 is 0. The molecule has 0 spiro atoms. The smallest absolute Gasteiger partial charge is 0.341 e. The first kappa shape index (κ1) is 25.3. The molecule has 0 heterocycles. The molecule has 2 aromatic rings. The van der Waals surface area contributed by atoms with Crippen molar-refractivity contribution in [1.82, 2.24) is 0 Å². The largest absolute Gasteiger partial charge is 0.489 e. The Labute approximate surface area is 203 Å².